The Hall–Kier alpha value is -2.73. The number of nitrogens with one attached hydrogen (secondary N) is 1. The number of rotatable bonds is 10. The largest absolute Gasteiger partial charge is 0.352 e. The lowest BCUT2D eigenvalue weighted by molar-refractivity contribution is 0.0953. The highest BCUT2D eigenvalue weighted by Crippen LogP contribution is 2.45. The highest BCUT2D eigenvalue weighted by atomic mass is 16.1. The number of carbonyl (C=O) groups is 1. The molecule has 5 rings (SSSR count). The van der Waals surface area contributed by atoms with Crippen molar-refractivity contribution in [3.8, 4) is 5.69 Å². The molecule has 0 spiro atoms. The number of carbonyl (C=O) groups excluding carboxylic acids is 1. The Bertz CT molecular complexity index is 1090. The van der Waals surface area contributed by atoms with Gasteiger partial charge in [0, 0.05) is 24.1 Å². The van der Waals surface area contributed by atoms with Crippen molar-refractivity contribution in [3.63, 3.8) is 0 Å². The third-order valence-corrected chi connectivity index (χ3v) is 6.72. The molecule has 2 fully saturated rings. The molecule has 0 radical (unpaired) electrons. The zero-order chi connectivity index (χ0) is 22.1. The van der Waals surface area contributed by atoms with Crippen LogP contribution >= 0.6 is 0 Å². The van der Waals surface area contributed by atoms with E-state index in [4.69, 9.17) is 10.1 Å². The lowest BCUT2D eigenvalue weighted by Gasteiger charge is -2.17. The summed E-state index contributed by atoms with van der Waals surface area (Å²) in [5.74, 6) is 0.913. The van der Waals surface area contributed by atoms with Gasteiger partial charge >= 0.3 is 0 Å². The molecule has 0 atom stereocenters. The first kappa shape index (κ1) is 21.1. The summed E-state index contributed by atoms with van der Waals surface area (Å²) >= 11 is 0. The number of nitrogens with zero attached hydrogens (tertiary/aromatic N) is 4. The monoisotopic (exact) mass is 431 g/mol. The molecule has 2 aromatic heterocycles. The van der Waals surface area contributed by atoms with Gasteiger partial charge < -0.3 is 10.2 Å². The van der Waals surface area contributed by atoms with Crippen LogP contribution in [0.3, 0.4) is 0 Å². The van der Waals surface area contributed by atoms with Crippen LogP contribution in [0.5, 0.6) is 0 Å². The number of para-hydroxylation sites is 1. The number of pyridine rings is 1. The van der Waals surface area contributed by atoms with Crippen molar-refractivity contribution in [2.24, 2.45) is 0 Å². The first-order valence-electron chi connectivity index (χ1n) is 12.2. The Balaban J connectivity index is 1.50. The van der Waals surface area contributed by atoms with Crippen molar-refractivity contribution in [2.45, 2.75) is 57.8 Å². The lowest BCUT2D eigenvalue weighted by Crippen LogP contribution is -2.30. The minimum atomic E-state index is 0.00774. The number of hydrogen-bond acceptors (Lipinski definition) is 4. The van der Waals surface area contributed by atoms with Crippen LogP contribution in [0.25, 0.3) is 16.7 Å². The van der Waals surface area contributed by atoms with Crippen LogP contribution < -0.4 is 5.32 Å². The van der Waals surface area contributed by atoms with E-state index >= 15 is 0 Å². The van der Waals surface area contributed by atoms with Gasteiger partial charge in [-0.15, -0.1) is 0 Å². The normalized spacial score (nSPS) is 16.1. The molecule has 2 aliphatic carbocycles. The molecule has 6 heteroatoms. The zero-order valence-electron chi connectivity index (χ0n) is 19.2. The molecule has 32 heavy (non-hydrogen) atoms. The van der Waals surface area contributed by atoms with Crippen molar-refractivity contribution in [3.05, 3.63) is 53.3 Å². The van der Waals surface area contributed by atoms with E-state index in [-0.39, 0.29) is 5.91 Å². The van der Waals surface area contributed by atoms with E-state index in [0.717, 1.165) is 85.4 Å². The van der Waals surface area contributed by atoms with Crippen LogP contribution in [-0.4, -0.2) is 51.8 Å². The second-order valence-corrected chi connectivity index (χ2v) is 9.11. The highest BCUT2D eigenvalue weighted by Gasteiger charge is 2.34. The van der Waals surface area contributed by atoms with Gasteiger partial charge in [0.2, 0.25) is 0 Å². The van der Waals surface area contributed by atoms with E-state index in [0.29, 0.717) is 18.4 Å². The summed E-state index contributed by atoms with van der Waals surface area (Å²) in [5.41, 5.74) is 4.65. The van der Waals surface area contributed by atoms with Gasteiger partial charge in [0.15, 0.2) is 5.65 Å². The molecule has 0 aliphatic heterocycles. The Kier molecular flexibility index (Phi) is 5.96. The van der Waals surface area contributed by atoms with Crippen LogP contribution in [0.4, 0.5) is 0 Å². The number of hydrogen-bond donors (Lipinski definition) is 1. The van der Waals surface area contributed by atoms with Gasteiger partial charge in [0.25, 0.3) is 5.91 Å². The third kappa shape index (κ3) is 4.29. The van der Waals surface area contributed by atoms with Crippen LogP contribution in [0, 0.1) is 0 Å². The van der Waals surface area contributed by atoms with E-state index in [2.05, 4.69) is 36.2 Å². The molecule has 168 valence electrons. The van der Waals surface area contributed by atoms with Gasteiger partial charge in [-0.05, 0) is 69.9 Å². The zero-order valence-corrected chi connectivity index (χ0v) is 19.2. The topological polar surface area (TPSA) is 63.1 Å². The van der Waals surface area contributed by atoms with Crippen LogP contribution in [0.2, 0.25) is 0 Å². The molecule has 0 saturated heterocycles. The molecule has 1 N–H and O–H groups in total. The lowest BCUT2D eigenvalue weighted by atomic mass is 10.0. The Labute approximate surface area is 190 Å². The first-order valence-corrected chi connectivity index (χ1v) is 12.2. The SMILES string of the molecule is CCN(CC)CCCNC(=O)c1cc(C2CC2)nc2c1c(C1CC1)nn2-c1ccccc1. The van der Waals surface area contributed by atoms with Crippen LogP contribution in [0.15, 0.2) is 36.4 Å². The molecule has 0 unspecified atom stereocenters. The van der Waals surface area contributed by atoms with Crippen LogP contribution in [0.1, 0.15) is 79.5 Å². The van der Waals surface area contributed by atoms with Gasteiger partial charge in [-0.25, -0.2) is 9.67 Å². The van der Waals surface area contributed by atoms with Gasteiger partial charge in [-0.1, -0.05) is 32.0 Å². The number of aromatic nitrogens is 3. The summed E-state index contributed by atoms with van der Waals surface area (Å²) in [4.78, 5) is 20.8. The fourth-order valence-electron chi connectivity index (χ4n) is 4.46. The van der Waals surface area contributed by atoms with Crippen molar-refractivity contribution in [1.82, 2.24) is 25.0 Å². The van der Waals surface area contributed by atoms with E-state index in [1.807, 2.05) is 28.9 Å². The summed E-state index contributed by atoms with van der Waals surface area (Å²) in [6.07, 6.45) is 5.53. The second-order valence-electron chi connectivity index (χ2n) is 9.11. The minimum Gasteiger partial charge on any atom is -0.352 e. The molecule has 2 saturated carbocycles. The average Bonchev–Trinajstić information content (AvgIpc) is 3.76. The standard InChI is InChI=1S/C26H33N5O/c1-3-30(4-2)16-8-15-27-26(32)21-17-22(18-11-12-18)28-25-23(21)24(19-13-14-19)29-31(25)20-9-6-5-7-10-20/h5-7,9-10,17-19H,3-4,8,11-16H2,1-2H3,(H,27,32). The summed E-state index contributed by atoms with van der Waals surface area (Å²) in [7, 11) is 0. The van der Waals surface area contributed by atoms with Crippen molar-refractivity contribution in [1.29, 1.82) is 0 Å². The average molecular weight is 432 g/mol. The first-order chi connectivity index (χ1) is 15.7. The third-order valence-electron chi connectivity index (χ3n) is 6.72. The molecular weight excluding hydrogens is 398 g/mol. The summed E-state index contributed by atoms with van der Waals surface area (Å²) < 4.78 is 1.95. The van der Waals surface area contributed by atoms with Crippen molar-refractivity contribution >= 4 is 16.9 Å². The van der Waals surface area contributed by atoms with Crippen molar-refractivity contribution in [2.75, 3.05) is 26.2 Å². The molecule has 1 aromatic carbocycles. The fourth-order valence-corrected chi connectivity index (χ4v) is 4.46. The number of benzene rings is 1. The Morgan fingerprint density at radius 1 is 1.09 bits per heavy atom. The Morgan fingerprint density at radius 3 is 2.47 bits per heavy atom. The van der Waals surface area contributed by atoms with Gasteiger partial charge in [-0.3, -0.25) is 4.79 Å². The molecule has 2 heterocycles. The van der Waals surface area contributed by atoms with Crippen LogP contribution in [-0.2, 0) is 0 Å². The number of fused-ring (bicyclic) bond motifs is 1. The summed E-state index contributed by atoms with van der Waals surface area (Å²) in [5, 5.41) is 9.13. The molecule has 1 amide bonds. The van der Waals surface area contributed by atoms with Gasteiger partial charge in [-0.2, -0.15) is 5.10 Å². The maximum absolute atomic E-state index is 13.4. The summed E-state index contributed by atoms with van der Waals surface area (Å²) in [6, 6.07) is 12.2. The predicted molar refractivity (Wildman–Crippen MR) is 128 cm³/mol. The maximum Gasteiger partial charge on any atom is 0.252 e. The number of amides is 1. The second kappa shape index (κ2) is 9.02. The smallest absolute Gasteiger partial charge is 0.252 e. The van der Waals surface area contributed by atoms with Crippen molar-refractivity contribution < 1.29 is 4.79 Å². The highest BCUT2D eigenvalue weighted by molar-refractivity contribution is 6.07. The molecule has 2 aliphatic rings. The quantitative estimate of drug-likeness (QED) is 0.475. The van der Waals surface area contributed by atoms with Gasteiger partial charge in [0.05, 0.1) is 22.3 Å². The molecule has 0 bridgehead atoms. The molecular formula is C26H33N5O. The fraction of sp³-hybridized carbons (Fsp3) is 0.500. The molecule has 3 aromatic rings. The maximum atomic E-state index is 13.4. The van der Waals surface area contributed by atoms with E-state index in [1.165, 1.54) is 0 Å². The van der Waals surface area contributed by atoms with Gasteiger partial charge in [0.1, 0.15) is 0 Å². The summed E-state index contributed by atoms with van der Waals surface area (Å²) in [6.45, 7) is 8.14. The van der Waals surface area contributed by atoms with E-state index in [9.17, 15) is 4.79 Å². The van der Waals surface area contributed by atoms with E-state index < -0.39 is 0 Å². The Morgan fingerprint density at radius 2 is 1.81 bits per heavy atom. The molecule has 6 nitrogen and oxygen atoms in total. The van der Waals surface area contributed by atoms with E-state index in [1.54, 1.807) is 0 Å². The predicted octanol–water partition coefficient (Wildman–Crippen LogP) is 4.64. The minimum absolute atomic E-state index is 0.00774.